The van der Waals surface area contributed by atoms with Crippen molar-refractivity contribution in [3.8, 4) is 0 Å². The second kappa shape index (κ2) is 8.26. The van der Waals surface area contributed by atoms with Crippen molar-refractivity contribution in [1.29, 1.82) is 0 Å². The second-order valence-corrected chi connectivity index (χ2v) is 71.9. The molecule has 1 heterocycles. The van der Waals surface area contributed by atoms with Gasteiger partial charge in [0.05, 0.1) is 0 Å². The molecule has 0 nitrogen and oxygen atoms in total. The first-order valence-electron chi connectivity index (χ1n) is 31.7. The van der Waals surface area contributed by atoms with E-state index in [0.29, 0.717) is 0 Å². The van der Waals surface area contributed by atoms with E-state index in [2.05, 4.69) is 89.7 Å². The van der Waals surface area contributed by atoms with Crippen molar-refractivity contribution in [3.63, 3.8) is 0 Å². The van der Waals surface area contributed by atoms with Crippen molar-refractivity contribution in [2.75, 3.05) is 0 Å². The predicted molar refractivity (Wildman–Crippen MR) is 370 cm³/mol. The van der Waals surface area contributed by atoms with Gasteiger partial charge in [-0.05, 0) is 0 Å². The van der Waals surface area contributed by atoms with Crippen LogP contribution < -0.4 is 0 Å². The number of rotatable bonds is 6. The minimum atomic E-state index is -3.73. The van der Waals surface area contributed by atoms with Gasteiger partial charge in [0.25, 0.3) is 0 Å². The van der Waals surface area contributed by atoms with Gasteiger partial charge in [0, 0.05) is 0 Å². The van der Waals surface area contributed by atoms with Crippen LogP contribution >= 0.6 is 0 Å². The van der Waals surface area contributed by atoms with Crippen LogP contribution in [0.4, 0.5) is 0 Å². The fourth-order valence-electron chi connectivity index (χ4n) is 31.9. The summed E-state index contributed by atoms with van der Waals surface area (Å²) in [5.41, 5.74) is 7.99. The van der Waals surface area contributed by atoms with Crippen LogP contribution in [-0.2, 0) is 9.66 Å². The third-order valence-corrected chi connectivity index (χ3v) is 90.9. The second-order valence-electron chi connectivity index (χ2n) is 35.3. The Balaban J connectivity index is 1.11. The first-order chi connectivity index (χ1) is 38.9. The fourth-order valence-corrected chi connectivity index (χ4v) is 124. The minimum absolute atomic E-state index is 0.00875. The summed E-state index contributed by atoms with van der Waals surface area (Å²) in [5.74, 6) is 0. The summed E-state index contributed by atoms with van der Waals surface area (Å²) in [5, 5.41) is 96.4. The third kappa shape index (κ3) is 2.17. The van der Waals surface area contributed by atoms with Crippen LogP contribution in [-0.4, -0.2) is 45.6 Å². The molecule has 33 rings (SSSR count). The Kier molecular flexibility index (Phi) is 3.72. The molecule has 1 fully saturated rings. The third-order valence-electron chi connectivity index (χ3n) is 29.6. The number of hydrogen-bond donors (Lipinski definition) is 0. The molecule has 366 valence electrons. The Hall–Kier alpha value is -6.13. The van der Waals surface area contributed by atoms with Gasteiger partial charge in [-0.2, -0.15) is 0 Å². The molecule has 28 aromatic rings. The molecule has 0 unspecified atom stereocenters. The van der Waals surface area contributed by atoms with Crippen LogP contribution in [0.25, 0.3) is 291 Å². The molecule has 1 saturated heterocycles. The van der Waals surface area contributed by atoms with E-state index in [9.17, 15) is 0 Å². The van der Waals surface area contributed by atoms with Gasteiger partial charge in [0.15, 0.2) is 0 Å². The Bertz CT molecular complexity index is 7370. The normalized spacial score (nSPS) is 22.9. The van der Waals surface area contributed by atoms with Gasteiger partial charge in [0.2, 0.25) is 0 Å². The Labute approximate surface area is 462 Å². The first-order valence-corrected chi connectivity index (χ1v) is 51.0. The molecule has 4 aliphatic carbocycles. The molecular weight excluding hydrogens is 1100 g/mol. The van der Waals surface area contributed by atoms with Gasteiger partial charge >= 0.3 is 467 Å². The van der Waals surface area contributed by atoms with Gasteiger partial charge in [-0.3, -0.25) is 0 Å². The van der Waals surface area contributed by atoms with E-state index in [1.54, 1.807) is 253 Å². The monoisotopic (exact) mass is 1140 g/mol. The molecule has 0 N–H and O–H groups in total. The van der Waals surface area contributed by atoms with Gasteiger partial charge in [-0.15, -0.1) is 0 Å². The summed E-state index contributed by atoms with van der Waals surface area (Å²) >= 11 is -3.73. The van der Waals surface area contributed by atoms with E-state index in [-0.39, 0.29) is 9.66 Å². The average molecular weight is 1140 g/mol. The molecule has 28 aromatic carbocycles. The molecule has 0 bridgehead atoms. The standard InChI is InChI=1S/C76H42GeSi4/c1-78(2,3)73(79(4,5)6)77(74(80(7,8)9)81(10,11)12)14-13-75-69-61-53-43-33-25-17-15-16-19-23-21(17)29-37-31(23)41-35-27(19)28-20(16)24-22-18(15)26(25)34-40-30(22)38-32(24)42-36(28)46-45(35)57-51(41)59-49(37)55(47(53)39(29)33)63(69)65(59)71-67(57)68-58(46)52(42)60-50(38)56-48(40)54(44(34)43)62(61)70(75)64(56)66(60)72(68)76(71,75)77/h73-74H,13-14H2,1-12H3. The van der Waals surface area contributed by atoms with E-state index >= 15 is 0 Å². The summed E-state index contributed by atoms with van der Waals surface area (Å²) in [6.07, 6.45) is 1.40. The van der Waals surface area contributed by atoms with E-state index in [1.807, 2.05) is 54.2 Å². The fraction of sp³-hybridized carbons (Fsp3) is 0.237. The topological polar surface area (TPSA) is 0 Å². The molecule has 0 saturated carbocycles. The predicted octanol–water partition coefficient (Wildman–Crippen LogP) is 22.9. The van der Waals surface area contributed by atoms with E-state index in [1.165, 1.54) is 6.42 Å². The summed E-state index contributed by atoms with van der Waals surface area (Å²) in [6, 6.07) is 0. The van der Waals surface area contributed by atoms with Gasteiger partial charge in [-0.1, -0.05) is 0 Å². The van der Waals surface area contributed by atoms with Crippen molar-refractivity contribution in [2.45, 2.75) is 108 Å². The summed E-state index contributed by atoms with van der Waals surface area (Å²) in [4.78, 5) is 0. The van der Waals surface area contributed by atoms with E-state index in [0.717, 1.165) is 7.99 Å². The molecule has 5 aliphatic rings. The van der Waals surface area contributed by atoms with Crippen LogP contribution in [0.15, 0.2) is 0 Å². The van der Waals surface area contributed by atoms with Crippen molar-refractivity contribution < 1.29 is 0 Å². The summed E-state index contributed by atoms with van der Waals surface area (Å²) < 4.78 is 1.86. The zero-order valence-electron chi connectivity index (χ0n) is 47.1. The average Bonchev–Trinajstić information content (AvgIpc) is 1.41. The molecule has 2 spiro atoms. The van der Waals surface area contributed by atoms with E-state index < -0.39 is 45.6 Å². The quantitative estimate of drug-likeness (QED) is 0.115. The Morgan fingerprint density at radius 1 is 0.210 bits per heavy atom. The van der Waals surface area contributed by atoms with Gasteiger partial charge in [0.1, 0.15) is 0 Å². The molecule has 0 atom stereocenters. The molecular formula is C76H42GeSi4. The molecule has 0 aromatic heterocycles. The van der Waals surface area contributed by atoms with Crippen LogP contribution in [0.2, 0.25) is 91.8 Å². The number of benzene rings is 18. The maximum atomic E-state index is 2.99. The zero-order valence-corrected chi connectivity index (χ0v) is 53.2. The van der Waals surface area contributed by atoms with Crippen molar-refractivity contribution in [1.82, 2.24) is 0 Å². The van der Waals surface area contributed by atoms with Gasteiger partial charge in [-0.25, -0.2) is 0 Å². The van der Waals surface area contributed by atoms with Crippen LogP contribution in [0.3, 0.4) is 0 Å². The van der Waals surface area contributed by atoms with Gasteiger partial charge < -0.3 is 0 Å². The van der Waals surface area contributed by atoms with E-state index in [4.69, 9.17) is 0 Å². The first kappa shape index (κ1) is 36.5. The Morgan fingerprint density at radius 2 is 0.346 bits per heavy atom. The number of hydrogen-bond acceptors (Lipinski definition) is 0. The Morgan fingerprint density at radius 3 is 0.494 bits per heavy atom. The van der Waals surface area contributed by atoms with Crippen LogP contribution in [0.5, 0.6) is 0 Å². The zero-order chi connectivity index (χ0) is 51.6. The van der Waals surface area contributed by atoms with Crippen molar-refractivity contribution >= 4 is 336 Å². The van der Waals surface area contributed by atoms with Crippen LogP contribution in [0.1, 0.15) is 28.7 Å². The molecule has 5 heteroatoms. The summed E-state index contributed by atoms with van der Waals surface area (Å²) in [7, 11) is -7.69. The molecule has 0 amide bonds. The molecule has 0 radical (unpaired) electrons. The summed E-state index contributed by atoms with van der Waals surface area (Å²) in [6.45, 7) is 35.9. The molecule has 81 heavy (non-hydrogen) atoms. The van der Waals surface area contributed by atoms with Crippen molar-refractivity contribution in [3.05, 3.63) is 22.3 Å². The SMILES string of the molecule is C[Si](C)(C)[CH]([Si](C)(C)C)[Ge]1([CH]([Si](C)(C)C)[Si](C)(C)C)[CH2]CC23c4c5c6c7c8c9c(c%10c%11c2c2c4c4c%12c5c5c6c6c8c8c%13c9c9c%10c%10c%11c%11c2c2c4c4c%12c%12c5c5c6c8c6c8c%13c9c9c%10c%10c%11c2c2c4c4c%12c5c6c5c8c9c%10c2c45)[C]731. The molecule has 1 aliphatic heterocycles. The van der Waals surface area contributed by atoms with Crippen molar-refractivity contribution in [2.24, 2.45) is 0 Å². The van der Waals surface area contributed by atoms with Crippen LogP contribution in [0, 0.1) is 0 Å². The maximum absolute atomic E-state index is 3.73.